The molecule has 0 N–H and O–H groups in total. The third kappa shape index (κ3) is 3.28. The van der Waals surface area contributed by atoms with Gasteiger partial charge in [-0.05, 0) is 74.2 Å². The molecule has 0 bridgehead atoms. The standard InChI is InChI=1S/C25H34O6/c1-15(26)30-14-22(29)25(31-16(2)27)12-9-21-19-6-5-17-13-18(28)7-10-23(17,3)20(19)8-11-24(21,25)4/h13,19-21H,5-12,14H2,1-4H3/t19-,20+,21+,23+,24-,25+/m0/s1. The zero-order valence-electron chi connectivity index (χ0n) is 19.1. The van der Waals surface area contributed by atoms with E-state index in [0.29, 0.717) is 24.7 Å². The van der Waals surface area contributed by atoms with Gasteiger partial charge in [0.15, 0.2) is 18.0 Å². The Labute approximate surface area is 184 Å². The first kappa shape index (κ1) is 22.2. The maximum absolute atomic E-state index is 13.4. The van der Waals surface area contributed by atoms with Gasteiger partial charge in [-0.1, -0.05) is 19.4 Å². The molecule has 0 aromatic rings. The van der Waals surface area contributed by atoms with Crippen molar-refractivity contribution in [1.82, 2.24) is 0 Å². The molecule has 0 unspecified atom stereocenters. The zero-order valence-corrected chi connectivity index (χ0v) is 19.1. The Morgan fingerprint density at radius 3 is 2.35 bits per heavy atom. The van der Waals surface area contributed by atoms with Gasteiger partial charge in [0.1, 0.15) is 0 Å². The number of hydrogen-bond donors (Lipinski definition) is 0. The Morgan fingerprint density at radius 2 is 1.68 bits per heavy atom. The number of Topliss-reactive ketones (excluding diaryl/α,β-unsaturated/α-hetero) is 1. The van der Waals surface area contributed by atoms with Crippen LogP contribution >= 0.6 is 0 Å². The molecule has 4 aliphatic carbocycles. The van der Waals surface area contributed by atoms with E-state index in [0.717, 1.165) is 38.5 Å². The summed E-state index contributed by atoms with van der Waals surface area (Å²) in [5, 5.41) is 0. The van der Waals surface area contributed by atoms with E-state index in [2.05, 4.69) is 13.8 Å². The number of ether oxygens (including phenoxy) is 2. The summed E-state index contributed by atoms with van der Waals surface area (Å²) in [4.78, 5) is 48.8. The van der Waals surface area contributed by atoms with E-state index < -0.39 is 23.0 Å². The van der Waals surface area contributed by atoms with Crippen molar-refractivity contribution in [3.63, 3.8) is 0 Å². The van der Waals surface area contributed by atoms with Crippen LogP contribution in [0.15, 0.2) is 11.6 Å². The number of carbonyl (C=O) groups excluding carboxylic acids is 4. The van der Waals surface area contributed by atoms with Gasteiger partial charge >= 0.3 is 11.9 Å². The largest absolute Gasteiger partial charge is 0.458 e. The Hall–Kier alpha value is -1.98. The lowest BCUT2D eigenvalue weighted by molar-refractivity contribution is -0.190. The van der Waals surface area contributed by atoms with Crippen LogP contribution in [-0.4, -0.2) is 35.7 Å². The molecule has 0 aromatic carbocycles. The van der Waals surface area contributed by atoms with Crippen LogP contribution in [0.25, 0.3) is 0 Å². The minimum absolute atomic E-state index is 0.0482. The summed E-state index contributed by atoms with van der Waals surface area (Å²) in [6.45, 7) is 6.70. The summed E-state index contributed by atoms with van der Waals surface area (Å²) in [7, 11) is 0. The highest BCUT2D eigenvalue weighted by Crippen LogP contribution is 2.68. The summed E-state index contributed by atoms with van der Waals surface area (Å²) < 4.78 is 10.9. The maximum Gasteiger partial charge on any atom is 0.303 e. The molecule has 6 atom stereocenters. The van der Waals surface area contributed by atoms with Gasteiger partial charge in [0.05, 0.1) is 0 Å². The van der Waals surface area contributed by atoms with Gasteiger partial charge < -0.3 is 9.47 Å². The fourth-order valence-corrected chi connectivity index (χ4v) is 7.77. The molecule has 0 heterocycles. The molecule has 6 heteroatoms. The topological polar surface area (TPSA) is 86.7 Å². The van der Waals surface area contributed by atoms with Crippen molar-refractivity contribution in [1.29, 1.82) is 0 Å². The summed E-state index contributed by atoms with van der Waals surface area (Å²) in [5.41, 5.74) is -0.348. The summed E-state index contributed by atoms with van der Waals surface area (Å²) >= 11 is 0. The lowest BCUT2D eigenvalue weighted by Crippen LogP contribution is -2.59. The number of fused-ring (bicyclic) bond motifs is 5. The Bertz CT molecular complexity index is 858. The molecule has 3 fully saturated rings. The number of carbonyl (C=O) groups is 4. The molecule has 4 rings (SSSR count). The molecule has 170 valence electrons. The average Bonchev–Trinajstić information content (AvgIpc) is 2.99. The first-order valence-corrected chi connectivity index (χ1v) is 11.6. The first-order valence-electron chi connectivity index (χ1n) is 11.6. The van der Waals surface area contributed by atoms with Gasteiger partial charge in [-0.25, -0.2) is 0 Å². The molecule has 0 spiro atoms. The van der Waals surface area contributed by atoms with Crippen molar-refractivity contribution >= 4 is 23.5 Å². The van der Waals surface area contributed by atoms with Gasteiger partial charge in [-0.15, -0.1) is 0 Å². The monoisotopic (exact) mass is 430 g/mol. The molecule has 4 aliphatic rings. The predicted octanol–water partition coefficient (Wildman–Crippen LogP) is 3.95. The SMILES string of the molecule is CC(=O)OCC(=O)[C@]1(OC(C)=O)CC[C@@H]2[C@H]3CCC4=CC(=O)CC[C@@]4(C)[C@@H]3CC[C@@]21C. The summed E-state index contributed by atoms with van der Waals surface area (Å²) in [5.74, 6) is 0.156. The Morgan fingerprint density at radius 1 is 0.968 bits per heavy atom. The molecule has 0 radical (unpaired) electrons. The van der Waals surface area contributed by atoms with E-state index in [1.165, 1.54) is 19.4 Å². The number of hydrogen-bond acceptors (Lipinski definition) is 6. The predicted molar refractivity (Wildman–Crippen MR) is 113 cm³/mol. The van der Waals surface area contributed by atoms with Gasteiger partial charge in [0.25, 0.3) is 0 Å². The third-order valence-electron chi connectivity index (χ3n) is 9.26. The lowest BCUT2D eigenvalue weighted by atomic mass is 9.46. The molecular weight excluding hydrogens is 396 g/mol. The third-order valence-corrected chi connectivity index (χ3v) is 9.26. The number of esters is 2. The normalized spacial score (nSPS) is 41.4. The molecular formula is C25H34O6. The van der Waals surface area contributed by atoms with Crippen molar-refractivity contribution in [2.24, 2.45) is 28.6 Å². The summed E-state index contributed by atoms with van der Waals surface area (Å²) in [6.07, 6.45) is 8.39. The van der Waals surface area contributed by atoms with Crippen molar-refractivity contribution in [3.8, 4) is 0 Å². The van der Waals surface area contributed by atoms with Crippen LogP contribution in [0.4, 0.5) is 0 Å². The molecule has 0 saturated heterocycles. The van der Waals surface area contributed by atoms with Gasteiger partial charge in [-0.3, -0.25) is 19.2 Å². The van der Waals surface area contributed by atoms with E-state index in [-0.39, 0.29) is 29.5 Å². The highest BCUT2D eigenvalue weighted by atomic mass is 16.6. The van der Waals surface area contributed by atoms with E-state index in [9.17, 15) is 19.2 Å². The molecule has 6 nitrogen and oxygen atoms in total. The zero-order chi connectivity index (χ0) is 22.6. The minimum atomic E-state index is -1.23. The Balaban J connectivity index is 1.67. The van der Waals surface area contributed by atoms with Gasteiger partial charge in [-0.2, -0.15) is 0 Å². The second-order valence-electron chi connectivity index (χ2n) is 10.6. The smallest absolute Gasteiger partial charge is 0.303 e. The fourth-order valence-electron chi connectivity index (χ4n) is 7.77. The van der Waals surface area contributed by atoms with Crippen LogP contribution in [0, 0.1) is 28.6 Å². The van der Waals surface area contributed by atoms with Crippen LogP contribution in [0.3, 0.4) is 0 Å². The molecule has 31 heavy (non-hydrogen) atoms. The average molecular weight is 431 g/mol. The van der Waals surface area contributed by atoms with Crippen LogP contribution in [0.1, 0.15) is 79.1 Å². The number of allylic oxidation sites excluding steroid dienone is 1. The highest BCUT2D eigenvalue weighted by molar-refractivity contribution is 5.93. The molecule has 0 aromatic heterocycles. The van der Waals surface area contributed by atoms with Crippen LogP contribution in [0.5, 0.6) is 0 Å². The molecule has 3 saturated carbocycles. The van der Waals surface area contributed by atoms with E-state index in [1.54, 1.807) is 0 Å². The fraction of sp³-hybridized carbons (Fsp3) is 0.760. The summed E-state index contributed by atoms with van der Waals surface area (Å²) in [6, 6.07) is 0. The quantitative estimate of drug-likeness (QED) is 0.628. The van der Waals surface area contributed by atoms with Crippen LogP contribution in [-0.2, 0) is 28.7 Å². The van der Waals surface area contributed by atoms with Gasteiger partial charge in [0, 0.05) is 25.7 Å². The second-order valence-corrected chi connectivity index (χ2v) is 10.6. The van der Waals surface area contributed by atoms with E-state index in [1.807, 2.05) is 6.08 Å². The Kier molecular flexibility index (Phi) is 5.42. The van der Waals surface area contributed by atoms with E-state index >= 15 is 0 Å². The van der Waals surface area contributed by atoms with E-state index in [4.69, 9.17) is 9.47 Å². The van der Waals surface area contributed by atoms with Crippen molar-refractivity contribution < 1.29 is 28.7 Å². The van der Waals surface area contributed by atoms with Gasteiger partial charge in [0.2, 0.25) is 5.78 Å². The first-order chi connectivity index (χ1) is 14.5. The number of ketones is 2. The minimum Gasteiger partial charge on any atom is -0.458 e. The number of rotatable bonds is 4. The second kappa shape index (κ2) is 7.56. The highest BCUT2D eigenvalue weighted by Gasteiger charge is 2.68. The molecule has 0 amide bonds. The van der Waals surface area contributed by atoms with Crippen molar-refractivity contribution in [2.45, 2.75) is 84.7 Å². The molecule has 0 aliphatic heterocycles. The van der Waals surface area contributed by atoms with Crippen molar-refractivity contribution in [2.75, 3.05) is 6.61 Å². The van der Waals surface area contributed by atoms with Crippen LogP contribution < -0.4 is 0 Å². The van der Waals surface area contributed by atoms with Crippen LogP contribution in [0.2, 0.25) is 0 Å². The van der Waals surface area contributed by atoms with Crippen molar-refractivity contribution in [3.05, 3.63) is 11.6 Å². The lowest BCUT2D eigenvalue weighted by Gasteiger charge is -2.59. The maximum atomic E-state index is 13.4.